The minimum absolute atomic E-state index is 0.185. The molecule has 116 valence electrons. The summed E-state index contributed by atoms with van der Waals surface area (Å²) in [4.78, 5) is 22.4. The van der Waals surface area contributed by atoms with Gasteiger partial charge in [0.2, 0.25) is 5.75 Å². The van der Waals surface area contributed by atoms with E-state index in [1.165, 1.54) is 12.1 Å². The first-order chi connectivity index (χ1) is 9.77. The first kappa shape index (κ1) is 17.4. The number of nitrogens with zero attached hydrogens (tertiary/aromatic N) is 1. The smallest absolute Gasteiger partial charge is 0.313 e. The number of ether oxygens (including phenoxy) is 1. The van der Waals surface area contributed by atoms with Crippen molar-refractivity contribution in [1.82, 2.24) is 0 Å². The fourth-order valence-corrected chi connectivity index (χ4v) is 2.50. The number of esters is 1. The van der Waals surface area contributed by atoms with Gasteiger partial charge in [-0.05, 0) is 46.8 Å². The van der Waals surface area contributed by atoms with Crippen molar-refractivity contribution < 1.29 is 19.6 Å². The zero-order valence-electron chi connectivity index (χ0n) is 12.1. The molecule has 21 heavy (non-hydrogen) atoms. The van der Waals surface area contributed by atoms with Crippen molar-refractivity contribution in [2.75, 3.05) is 6.61 Å². The highest BCUT2D eigenvalue weighted by atomic mass is 79.9. The van der Waals surface area contributed by atoms with Crippen LogP contribution in [0.3, 0.4) is 0 Å². The van der Waals surface area contributed by atoms with E-state index < -0.39 is 28.2 Å². The number of hydrogen-bond acceptors (Lipinski definition) is 5. The molecule has 7 heteroatoms. The van der Waals surface area contributed by atoms with Crippen molar-refractivity contribution in [2.24, 2.45) is 5.92 Å². The molecule has 0 bridgehead atoms. The molecule has 1 atom stereocenters. The van der Waals surface area contributed by atoms with Gasteiger partial charge in [-0.3, -0.25) is 14.9 Å². The fraction of sp³-hybridized carbons (Fsp3) is 0.500. The average molecular weight is 360 g/mol. The molecule has 1 N–H and O–H groups in total. The van der Waals surface area contributed by atoms with Crippen LogP contribution >= 0.6 is 15.9 Å². The van der Waals surface area contributed by atoms with Crippen molar-refractivity contribution in [1.29, 1.82) is 0 Å². The monoisotopic (exact) mass is 359 g/mol. The Morgan fingerprint density at radius 3 is 2.57 bits per heavy atom. The Balaban J connectivity index is 3.30. The maximum Gasteiger partial charge on any atom is 0.313 e. The number of phenolic OH excluding ortho intramolecular Hbond substituents is 1. The molecule has 0 saturated carbocycles. The molecule has 0 aromatic heterocycles. The van der Waals surface area contributed by atoms with E-state index in [0.717, 1.165) is 0 Å². The fourth-order valence-electron chi connectivity index (χ4n) is 2.03. The van der Waals surface area contributed by atoms with E-state index in [2.05, 4.69) is 15.9 Å². The summed E-state index contributed by atoms with van der Waals surface area (Å²) in [6, 6.07) is 2.75. The van der Waals surface area contributed by atoms with E-state index in [-0.39, 0.29) is 17.0 Å². The number of rotatable bonds is 6. The van der Waals surface area contributed by atoms with Gasteiger partial charge in [0.05, 0.1) is 21.9 Å². The van der Waals surface area contributed by atoms with E-state index in [1.807, 2.05) is 13.8 Å². The lowest BCUT2D eigenvalue weighted by Crippen LogP contribution is -2.18. The Kier molecular flexibility index (Phi) is 6.14. The van der Waals surface area contributed by atoms with Gasteiger partial charge in [-0.2, -0.15) is 0 Å². The number of carbonyl (C=O) groups excluding carboxylic acids is 1. The number of phenols is 1. The summed E-state index contributed by atoms with van der Waals surface area (Å²) in [5.41, 5.74) is 0.0240. The van der Waals surface area contributed by atoms with Gasteiger partial charge in [0.15, 0.2) is 0 Å². The van der Waals surface area contributed by atoms with Gasteiger partial charge in [-0.25, -0.2) is 0 Å². The number of nitro groups is 1. The first-order valence-corrected chi connectivity index (χ1v) is 7.40. The SMILES string of the molecule is CCOC(=O)C(CC(C)C)c1cc(Br)c(O)c([N+](=O)[O-])c1. The molecule has 1 aromatic carbocycles. The van der Waals surface area contributed by atoms with Crippen molar-refractivity contribution in [3.05, 3.63) is 32.3 Å². The molecule has 0 spiro atoms. The number of hydrogen-bond donors (Lipinski definition) is 1. The molecular formula is C14H18BrNO5. The summed E-state index contributed by atoms with van der Waals surface area (Å²) in [7, 11) is 0. The molecule has 0 heterocycles. The van der Waals surface area contributed by atoms with Crippen LogP contribution in [0.25, 0.3) is 0 Å². The van der Waals surface area contributed by atoms with Crippen molar-refractivity contribution >= 4 is 27.6 Å². The minimum atomic E-state index is -0.679. The molecule has 1 rings (SSSR count). The Bertz CT molecular complexity index is 544. The Hall–Kier alpha value is -1.63. The Morgan fingerprint density at radius 1 is 1.48 bits per heavy atom. The molecule has 6 nitrogen and oxygen atoms in total. The lowest BCUT2D eigenvalue weighted by atomic mass is 9.90. The van der Waals surface area contributed by atoms with E-state index >= 15 is 0 Å². The standard InChI is InChI=1S/C14H18BrNO5/c1-4-21-14(18)10(5-8(2)3)9-6-11(15)13(17)12(7-9)16(19)20/h6-8,10,17H,4-5H2,1-3H3. The second-order valence-corrected chi connectivity index (χ2v) is 5.92. The molecule has 1 unspecified atom stereocenters. The van der Waals surface area contributed by atoms with Gasteiger partial charge in [0.1, 0.15) is 0 Å². The molecule has 1 aromatic rings. The van der Waals surface area contributed by atoms with Crippen molar-refractivity contribution in [3.63, 3.8) is 0 Å². The van der Waals surface area contributed by atoms with Crippen LogP contribution in [0.15, 0.2) is 16.6 Å². The third kappa shape index (κ3) is 4.42. The van der Waals surface area contributed by atoms with Crippen LogP contribution in [0.5, 0.6) is 5.75 Å². The highest BCUT2D eigenvalue weighted by Crippen LogP contribution is 2.38. The topological polar surface area (TPSA) is 89.7 Å². The molecule has 0 fully saturated rings. The molecule has 0 saturated heterocycles. The third-order valence-electron chi connectivity index (χ3n) is 2.94. The van der Waals surface area contributed by atoms with E-state index in [1.54, 1.807) is 6.92 Å². The molecule has 0 aliphatic carbocycles. The van der Waals surface area contributed by atoms with Crippen LogP contribution in [0.4, 0.5) is 5.69 Å². The van der Waals surface area contributed by atoms with Gasteiger partial charge in [-0.1, -0.05) is 13.8 Å². The second-order valence-electron chi connectivity index (χ2n) is 5.06. The quantitative estimate of drug-likeness (QED) is 0.474. The number of benzene rings is 1. The first-order valence-electron chi connectivity index (χ1n) is 6.61. The third-order valence-corrected chi connectivity index (χ3v) is 3.55. The van der Waals surface area contributed by atoms with Crippen molar-refractivity contribution in [3.8, 4) is 5.75 Å². The van der Waals surface area contributed by atoms with Crippen LogP contribution < -0.4 is 0 Å². The van der Waals surface area contributed by atoms with Crippen LogP contribution in [0, 0.1) is 16.0 Å². The van der Waals surface area contributed by atoms with E-state index in [9.17, 15) is 20.0 Å². The molecule has 0 radical (unpaired) electrons. The second kappa shape index (κ2) is 7.40. The summed E-state index contributed by atoms with van der Waals surface area (Å²) in [6.45, 7) is 5.86. The molecule has 0 amide bonds. The highest BCUT2D eigenvalue weighted by molar-refractivity contribution is 9.10. The van der Waals surface area contributed by atoms with Gasteiger partial charge in [-0.15, -0.1) is 0 Å². The molecule has 0 aliphatic rings. The number of nitro benzene ring substituents is 1. The summed E-state index contributed by atoms with van der Waals surface area (Å²) in [5.74, 6) is -1.25. The molecule has 0 aliphatic heterocycles. The van der Waals surface area contributed by atoms with Crippen molar-refractivity contribution in [2.45, 2.75) is 33.1 Å². The van der Waals surface area contributed by atoms with Gasteiger partial charge in [0.25, 0.3) is 0 Å². The normalized spacial score (nSPS) is 12.2. The van der Waals surface area contributed by atoms with E-state index in [0.29, 0.717) is 12.0 Å². The highest BCUT2D eigenvalue weighted by Gasteiger charge is 2.27. The Labute approximate surface area is 131 Å². The maximum atomic E-state index is 12.1. The van der Waals surface area contributed by atoms with Gasteiger partial charge < -0.3 is 9.84 Å². The maximum absolute atomic E-state index is 12.1. The van der Waals surface area contributed by atoms with Crippen LogP contribution in [-0.4, -0.2) is 22.6 Å². The van der Waals surface area contributed by atoms with Crippen LogP contribution in [0.1, 0.15) is 38.7 Å². The van der Waals surface area contributed by atoms with Gasteiger partial charge >= 0.3 is 11.7 Å². The summed E-state index contributed by atoms with van der Waals surface area (Å²) >= 11 is 3.08. The molecular weight excluding hydrogens is 342 g/mol. The number of aromatic hydroxyl groups is 1. The van der Waals surface area contributed by atoms with E-state index in [4.69, 9.17) is 4.74 Å². The zero-order chi connectivity index (χ0) is 16.2. The van der Waals surface area contributed by atoms with Crippen LogP contribution in [-0.2, 0) is 9.53 Å². The Morgan fingerprint density at radius 2 is 2.10 bits per heavy atom. The number of carbonyl (C=O) groups is 1. The summed E-state index contributed by atoms with van der Waals surface area (Å²) < 4.78 is 5.23. The van der Waals surface area contributed by atoms with Crippen LogP contribution in [0.2, 0.25) is 0 Å². The number of halogens is 1. The summed E-state index contributed by atoms with van der Waals surface area (Å²) in [6.07, 6.45) is 0.507. The lowest BCUT2D eigenvalue weighted by molar-refractivity contribution is -0.386. The minimum Gasteiger partial charge on any atom is -0.501 e. The summed E-state index contributed by atoms with van der Waals surface area (Å²) in [5, 5.41) is 20.7. The predicted octanol–water partition coefficient (Wildman–Crippen LogP) is 3.76. The lowest BCUT2D eigenvalue weighted by Gasteiger charge is -2.18. The predicted molar refractivity (Wildman–Crippen MR) is 81.3 cm³/mol. The zero-order valence-corrected chi connectivity index (χ0v) is 13.7. The largest absolute Gasteiger partial charge is 0.501 e. The average Bonchev–Trinajstić information content (AvgIpc) is 2.38. The van der Waals surface area contributed by atoms with Gasteiger partial charge in [0, 0.05) is 6.07 Å².